The van der Waals surface area contributed by atoms with Crippen molar-refractivity contribution in [2.45, 2.75) is 32.9 Å². The quantitative estimate of drug-likeness (QED) is 0.834. The summed E-state index contributed by atoms with van der Waals surface area (Å²) in [4.78, 5) is 0. The minimum atomic E-state index is -3.32. The molecule has 0 aliphatic rings. The van der Waals surface area contributed by atoms with Gasteiger partial charge in [-0.1, -0.05) is 24.6 Å². The average molecular weight is 284 g/mol. The zero-order valence-electron chi connectivity index (χ0n) is 12.2. The maximum absolute atomic E-state index is 12.5. The fourth-order valence-corrected chi connectivity index (χ4v) is 3.43. The van der Waals surface area contributed by atoms with Gasteiger partial charge in [-0.15, -0.1) is 0 Å². The first kappa shape index (κ1) is 16.0. The molecule has 0 amide bonds. The Morgan fingerprint density at radius 1 is 1.21 bits per heavy atom. The molecule has 1 rings (SSSR count). The van der Waals surface area contributed by atoms with Gasteiger partial charge in [-0.2, -0.15) is 0 Å². The topological polar surface area (TPSA) is 49.4 Å². The average Bonchev–Trinajstić information content (AvgIpc) is 2.38. The molecule has 1 unspecified atom stereocenters. The Bertz CT molecular complexity index is 483. The van der Waals surface area contributed by atoms with Crippen molar-refractivity contribution in [2.24, 2.45) is 0 Å². The number of benzene rings is 1. The lowest BCUT2D eigenvalue weighted by molar-refractivity contribution is 0.570. The van der Waals surface area contributed by atoms with Crippen LogP contribution in [0.4, 0.5) is 5.69 Å². The van der Waals surface area contributed by atoms with Crippen LogP contribution in [0.5, 0.6) is 0 Å². The van der Waals surface area contributed by atoms with Gasteiger partial charge in [0, 0.05) is 13.1 Å². The predicted octanol–water partition coefficient (Wildman–Crippen LogP) is 2.15. The van der Waals surface area contributed by atoms with E-state index in [2.05, 4.69) is 5.32 Å². The lowest BCUT2D eigenvalue weighted by Crippen LogP contribution is -2.42. The summed E-state index contributed by atoms with van der Waals surface area (Å²) < 4.78 is 26.6. The van der Waals surface area contributed by atoms with Crippen molar-refractivity contribution >= 4 is 15.7 Å². The molecule has 0 heterocycles. The second kappa shape index (κ2) is 6.91. The predicted molar refractivity (Wildman–Crippen MR) is 81.1 cm³/mol. The van der Waals surface area contributed by atoms with Gasteiger partial charge in [0.1, 0.15) is 0 Å². The Morgan fingerprint density at radius 2 is 1.79 bits per heavy atom. The number of anilines is 1. The summed E-state index contributed by atoms with van der Waals surface area (Å²) in [7, 11) is -3.32. The van der Waals surface area contributed by atoms with E-state index in [4.69, 9.17) is 0 Å². The first-order chi connectivity index (χ1) is 8.93. The summed E-state index contributed by atoms with van der Waals surface area (Å²) in [6.45, 7) is 9.26. The van der Waals surface area contributed by atoms with Crippen molar-refractivity contribution in [3.8, 4) is 0 Å². The second-order valence-electron chi connectivity index (χ2n) is 4.66. The monoisotopic (exact) mass is 284 g/mol. The van der Waals surface area contributed by atoms with Crippen molar-refractivity contribution < 1.29 is 8.42 Å². The molecule has 108 valence electrons. The normalized spacial score (nSPS) is 13.3. The summed E-state index contributed by atoms with van der Waals surface area (Å²) in [6, 6.07) is 7.58. The fraction of sp³-hybridized carbons (Fsp3) is 0.571. The molecule has 0 saturated carbocycles. The number of rotatable bonds is 7. The number of nitrogens with one attached hydrogen (secondary N) is 1. The van der Waals surface area contributed by atoms with E-state index in [1.165, 1.54) is 4.31 Å². The smallest absolute Gasteiger partial charge is 0.239 e. The van der Waals surface area contributed by atoms with Crippen molar-refractivity contribution in [2.75, 3.05) is 23.9 Å². The van der Waals surface area contributed by atoms with Crippen LogP contribution in [-0.4, -0.2) is 33.3 Å². The van der Waals surface area contributed by atoms with Gasteiger partial charge in [0.25, 0.3) is 0 Å². The standard InChI is InChI=1S/C14H24N2O2S/c1-5-15-11-13(4)19(17,18)16(6-2)14-9-7-12(3)8-10-14/h7-10,13,15H,5-6,11H2,1-4H3. The third-order valence-electron chi connectivity index (χ3n) is 3.11. The van der Waals surface area contributed by atoms with Crippen molar-refractivity contribution in [1.29, 1.82) is 0 Å². The van der Waals surface area contributed by atoms with E-state index in [1.54, 1.807) is 6.92 Å². The minimum Gasteiger partial charge on any atom is -0.316 e. The van der Waals surface area contributed by atoms with Gasteiger partial charge < -0.3 is 5.32 Å². The molecule has 1 atom stereocenters. The van der Waals surface area contributed by atoms with Crippen LogP contribution in [0.2, 0.25) is 0 Å². The number of sulfonamides is 1. The molecular formula is C14H24N2O2S. The fourth-order valence-electron chi connectivity index (χ4n) is 1.89. The van der Waals surface area contributed by atoms with Crippen LogP contribution in [-0.2, 0) is 10.0 Å². The van der Waals surface area contributed by atoms with Crippen LogP contribution in [0.25, 0.3) is 0 Å². The Kier molecular flexibility index (Phi) is 5.82. The van der Waals surface area contributed by atoms with Crippen molar-refractivity contribution in [3.63, 3.8) is 0 Å². The molecule has 0 fully saturated rings. The Morgan fingerprint density at radius 3 is 2.26 bits per heavy atom. The van der Waals surface area contributed by atoms with E-state index in [9.17, 15) is 8.42 Å². The molecule has 5 heteroatoms. The molecular weight excluding hydrogens is 260 g/mol. The van der Waals surface area contributed by atoms with Gasteiger partial charge in [-0.25, -0.2) is 8.42 Å². The molecule has 1 N–H and O–H groups in total. The highest BCUT2D eigenvalue weighted by atomic mass is 32.2. The summed E-state index contributed by atoms with van der Waals surface area (Å²) >= 11 is 0. The van der Waals surface area contributed by atoms with Crippen LogP contribution < -0.4 is 9.62 Å². The van der Waals surface area contributed by atoms with Gasteiger partial charge >= 0.3 is 0 Å². The highest BCUT2D eigenvalue weighted by molar-refractivity contribution is 7.93. The van der Waals surface area contributed by atoms with Crippen molar-refractivity contribution in [1.82, 2.24) is 5.32 Å². The first-order valence-electron chi connectivity index (χ1n) is 6.72. The van der Waals surface area contributed by atoms with E-state index < -0.39 is 15.3 Å². The van der Waals surface area contributed by atoms with E-state index >= 15 is 0 Å². The summed E-state index contributed by atoms with van der Waals surface area (Å²) in [5.74, 6) is 0. The molecule has 0 radical (unpaired) electrons. The number of nitrogens with zero attached hydrogens (tertiary/aromatic N) is 1. The molecule has 0 saturated heterocycles. The lowest BCUT2D eigenvalue weighted by Gasteiger charge is -2.26. The highest BCUT2D eigenvalue weighted by Gasteiger charge is 2.27. The lowest BCUT2D eigenvalue weighted by atomic mass is 10.2. The van der Waals surface area contributed by atoms with Crippen LogP contribution in [0, 0.1) is 6.92 Å². The van der Waals surface area contributed by atoms with Crippen LogP contribution >= 0.6 is 0 Å². The van der Waals surface area contributed by atoms with Gasteiger partial charge in [0.05, 0.1) is 10.9 Å². The van der Waals surface area contributed by atoms with Crippen LogP contribution in [0.15, 0.2) is 24.3 Å². The maximum atomic E-state index is 12.5. The molecule has 0 aliphatic heterocycles. The molecule has 4 nitrogen and oxygen atoms in total. The molecule has 19 heavy (non-hydrogen) atoms. The molecule has 1 aromatic carbocycles. The van der Waals surface area contributed by atoms with E-state index in [0.717, 1.165) is 17.8 Å². The Hall–Kier alpha value is -1.07. The molecule has 0 aliphatic carbocycles. The number of aryl methyl sites for hydroxylation is 1. The minimum absolute atomic E-state index is 0.436. The summed E-state index contributed by atoms with van der Waals surface area (Å²) in [5.41, 5.74) is 1.86. The third kappa shape index (κ3) is 3.94. The van der Waals surface area contributed by atoms with Crippen LogP contribution in [0.1, 0.15) is 26.3 Å². The van der Waals surface area contributed by atoms with Gasteiger partial charge in [-0.05, 0) is 39.4 Å². The molecule has 0 spiro atoms. The maximum Gasteiger partial charge on any atom is 0.239 e. The molecule has 0 bridgehead atoms. The van der Waals surface area contributed by atoms with E-state index in [-0.39, 0.29) is 0 Å². The molecule has 1 aromatic rings. The largest absolute Gasteiger partial charge is 0.316 e. The Balaban J connectivity index is 2.98. The third-order valence-corrected chi connectivity index (χ3v) is 5.37. The zero-order chi connectivity index (χ0) is 14.5. The Labute approximate surface area is 116 Å². The van der Waals surface area contributed by atoms with Gasteiger partial charge in [-0.3, -0.25) is 4.31 Å². The summed E-state index contributed by atoms with van der Waals surface area (Å²) in [5, 5.41) is 2.65. The van der Waals surface area contributed by atoms with Crippen molar-refractivity contribution in [3.05, 3.63) is 29.8 Å². The highest BCUT2D eigenvalue weighted by Crippen LogP contribution is 2.21. The molecule has 0 aromatic heterocycles. The SMILES string of the molecule is CCNCC(C)S(=O)(=O)N(CC)c1ccc(C)cc1. The summed E-state index contributed by atoms with van der Waals surface area (Å²) in [6.07, 6.45) is 0. The van der Waals surface area contributed by atoms with E-state index in [1.807, 2.05) is 45.0 Å². The zero-order valence-corrected chi connectivity index (χ0v) is 13.0. The van der Waals surface area contributed by atoms with Crippen LogP contribution in [0.3, 0.4) is 0 Å². The first-order valence-corrected chi connectivity index (χ1v) is 8.22. The van der Waals surface area contributed by atoms with E-state index in [0.29, 0.717) is 13.1 Å². The number of hydrogen-bond donors (Lipinski definition) is 1. The number of hydrogen-bond acceptors (Lipinski definition) is 3. The van der Waals surface area contributed by atoms with Gasteiger partial charge in [0.15, 0.2) is 0 Å². The van der Waals surface area contributed by atoms with Gasteiger partial charge in [0.2, 0.25) is 10.0 Å². The second-order valence-corrected chi connectivity index (χ2v) is 6.94.